The van der Waals surface area contributed by atoms with E-state index in [1.165, 1.54) is 22.0 Å². The van der Waals surface area contributed by atoms with E-state index in [4.69, 9.17) is 21.8 Å². The van der Waals surface area contributed by atoms with Crippen LogP contribution in [-0.2, 0) is 20.8 Å². The number of alkyl halides is 4. The van der Waals surface area contributed by atoms with Gasteiger partial charge < -0.3 is 15.5 Å². The molecule has 2 rings (SSSR count). The topological polar surface area (TPSA) is 104 Å². The second kappa shape index (κ2) is 12.2. The summed E-state index contributed by atoms with van der Waals surface area (Å²) in [4.78, 5) is 30.6. The lowest BCUT2D eigenvalue weighted by atomic mass is 10.0. The smallest absolute Gasteiger partial charge is 0.413 e. The summed E-state index contributed by atoms with van der Waals surface area (Å²) < 4.78 is 50.6. The molecule has 33 heavy (non-hydrogen) atoms. The van der Waals surface area contributed by atoms with Crippen LogP contribution >= 0.6 is 11.6 Å². The first kappa shape index (κ1) is 27.9. The average Bonchev–Trinajstić information content (AvgIpc) is 2.76. The number of carbonyl (C=O) groups is 3. The van der Waals surface area contributed by atoms with Gasteiger partial charge in [0.15, 0.2) is 0 Å². The van der Waals surface area contributed by atoms with Gasteiger partial charge in [-0.25, -0.2) is 4.79 Å². The third-order valence-corrected chi connectivity index (χ3v) is 4.56. The van der Waals surface area contributed by atoms with Crippen molar-refractivity contribution in [2.45, 2.75) is 38.0 Å². The third kappa shape index (κ3) is 8.05. The number of hydrogen-bond acceptors (Lipinski definition) is 3. The van der Waals surface area contributed by atoms with Gasteiger partial charge in [-0.3, -0.25) is 9.59 Å². The second-order valence-electron chi connectivity index (χ2n) is 6.77. The van der Waals surface area contributed by atoms with Gasteiger partial charge in [0.05, 0.1) is 0 Å². The minimum Gasteiger partial charge on any atom is -0.481 e. The lowest BCUT2D eigenvalue weighted by molar-refractivity contribution is -0.222. The molecule has 0 aliphatic rings. The minimum absolute atomic E-state index is 0.254. The van der Waals surface area contributed by atoms with E-state index in [0.717, 1.165) is 11.4 Å². The van der Waals surface area contributed by atoms with Gasteiger partial charge >= 0.3 is 23.8 Å². The van der Waals surface area contributed by atoms with Crippen LogP contribution in [0, 0.1) is 0 Å². The monoisotopic (exact) mass is 491 g/mol. The molecule has 0 saturated heterocycles. The normalized spacial score (nSPS) is 11.2. The van der Waals surface area contributed by atoms with Crippen molar-refractivity contribution in [2.75, 3.05) is 6.54 Å². The molecule has 0 saturated carbocycles. The summed E-state index contributed by atoms with van der Waals surface area (Å²) in [6, 6.07) is 16.5. The summed E-state index contributed by atoms with van der Waals surface area (Å²) in [7, 11) is 0. The van der Waals surface area contributed by atoms with Crippen molar-refractivity contribution in [2.24, 2.45) is 0 Å². The summed E-state index contributed by atoms with van der Waals surface area (Å²) in [6.07, 6.45) is 0.368. The molecule has 3 N–H and O–H groups in total. The Balaban J connectivity index is 0.000000334. The van der Waals surface area contributed by atoms with Gasteiger partial charge in [0.25, 0.3) is 5.91 Å². The number of hydrogen-bond donors (Lipinski definition) is 3. The maximum atomic E-state index is 12.8. The maximum absolute atomic E-state index is 12.8. The number of carboxylic acids is 2. The summed E-state index contributed by atoms with van der Waals surface area (Å²) in [5, 5.41) is 18.2. The van der Waals surface area contributed by atoms with Gasteiger partial charge in [-0.1, -0.05) is 54.9 Å². The Labute approximate surface area is 192 Å². The second-order valence-corrected chi connectivity index (χ2v) is 7.20. The van der Waals surface area contributed by atoms with Gasteiger partial charge in [0.2, 0.25) is 0 Å². The Hall–Kier alpha value is -3.14. The zero-order valence-electron chi connectivity index (χ0n) is 17.5. The van der Waals surface area contributed by atoms with Crippen molar-refractivity contribution < 1.29 is 42.2 Å². The molecule has 0 aliphatic heterocycles. The molecule has 2 aromatic rings. The number of benzene rings is 2. The fourth-order valence-electron chi connectivity index (χ4n) is 2.43. The highest BCUT2D eigenvalue weighted by Crippen LogP contribution is 2.34. The first-order chi connectivity index (χ1) is 15.3. The van der Waals surface area contributed by atoms with E-state index in [1.54, 1.807) is 0 Å². The molecule has 0 aliphatic carbocycles. The summed E-state index contributed by atoms with van der Waals surface area (Å²) in [5.74, 6) is -17.8. The molecule has 11 heteroatoms. The zero-order valence-corrected chi connectivity index (χ0v) is 18.2. The minimum atomic E-state index is -5.54. The van der Waals surface area contributed by atoms with Crippen LogP contribution in [0.25, 0.3) is 11.1 Å². The fraction of sp³-hybridized carbons (Fsp3) is 0.318. The number of amides is 1. The van der Waals surface area contributed by atoms with Crippen molar-refractivity contribution in [3.63, 3.8) is 0 Å². The molecular weight excluding hydrogens is 470 g/mol. The lowest BCUT2D eigenvalue weighted by Crippen LogP contribution is -2.56. The maximum Gasteiger partial charge on any atom is 0.413 e. The highest BCUT2D eigenvalue weighted by atomic mass is 35.5. The van der Waals surface area contributed by atoms with E-state index in [1.807, 2.05) is 18.2 Å². The summed E-state index contributed by atoms with van der Waals surface area (Å²) in [6.45, 7) is 1.57. The molecule has 0 unspecified atom stereocenters. The van der Waals surface area contributed by atoms with Crippen LogP contribution in [0.15, 0.2) is 48.5 Å². The van der Waals surface area contributed by atoms with Crippen molar-refractivity contribution in [3.05, 3.63) is 59.1 Å². The van der Waals surface area contributed by atoms with Gasteiger partial charge in [-0.05, 0) is 41.7 Å². The quantitative estimate of drug-likeness (QED) is 0.342. The predicted molar refractivity (Wildman–Crippen MR) is 114 cm³/mol. The van der Waals surface area contributed by atoms with Gasteiger partial charge in [-0.15, -0.1) is 0 Å². The van der Waals surface area contributed by atoms with Crippen LogP contribution in [-0.4, -0.2) is 46.4 Å². The van der Waals surface area contributed by atoms with E-state index in [2.05, 4.69) is 37.3 Å². The molecule has 2 aromatic carbocycles. The molecule has 0 atom stereocenters. The average molecular weight is 492 g/mol. The Morgan fingerprint density at radius 2 is 1.55 bits per heavy atom. The van der Waals surface area contributed by atoms with E-state index in [9.17, 15) is 31.9 Å². The van der Waals surface area contributed by atoms with Crippen molar-refractivity contribution in [1.82, 2.24) is 5.32 Å². The molecule has 0 spiro atoms. The number of carbonyl (C=O) groups excluding carboxylic acids is 1. The van der Waals surface area contributed by atoms with Crippen LogP contribution in [0.2, 0.25) is 5.02 Å². The largest absolute Gasteiger partial charge is 0.481 e. The number of carboxylic acid groups (broad SMARTS) is 2. The molecule has 0 heterocycles. The molecule has 180 valence electrons. The SMILES string of the molecule is CCc1ccc(-c2cccc(Cl)c2)cc1.O=C(O)CCCNC(=O)C(F)(F)C(F)(F)C(=O)O. The Bertz CT molecular complexity index is 968. The zero-order chi connectivity index (χ0) is 25.2. The Kier molecular flexibility index (Phi) is 10.3. The number of halogens is 5. The van der Waals surface area contributed by atoms with Crippen LogP contribution in [0.1, 0.15) is 25.3 Å². The predicted octanol–water partition coefficient (Wildman–Crippen LogP) is 4.89. The van der Waals surface area contributed by atoms with Crippen LogP contribution in [0.5, 0.6) is 0 Å². The van der Waals surface area contributed by atoms with Gasteiger partial charge in [0, 0.05) is 18.0 Å². The van der Waals surface area contributed by atoms with Gasteiger partial charge in [-0.2, -0.15) is 17.6 Å². The van der Waals surface area contributed by atoms with Crippen molar-refractivity contribution in [1.29, 1.82) is 0 Å². The number of aliphatic carboxylic acids is 2. The highest BCUT2D eigenvalue weighted by molar-refractivity contribution is 6.30. The molecule has 0 fully saturated rings. The Morgan fingerprint density at radius 1 is 0.939 bits per heavy atom. The molecule has 0 bridgehead atoms. The first-order valence-corrected chi connectivity index (χ1v) is 10.0. The van der Waals surface area contributed by atoms with Crippen LogP contribution < -0.4 is 5.32 Å². The summed E-state index contributed by atoms with van der Waals surface area (Å²) >= 11 is 5.95. The van der Waals surface area contributed by atoms with Gasteiger partial charge in [0.1, 0.15) is 0 Å². The van der Waals surface area contributed by atoms with E-state index < -0.39 is 42.7 Å². The van der Waals surface area contributed by atoms with E-state index in [-0.39, 0.29) is 6.42 Å². The number of rotatable bonds is 9. The van der Waals surface area contributed by atoms with E-state index >= 15 is 0 Å². The third-order valence-electron chi connectivity index (χ3n) is 4.32. The first-order valence-electron chi connectivity index (χ1n) is 9.66. The van der Waals surface area contributed by atoms with Crippen molar-refractivity contribution >= 4 is 29.4 Å². The van der Waals surface area contributed by atoms with Crippen LogP contribution in [0.3, 0.4) is 0 Å². The lowest BCUT2D eigenvalue weighted by Gasteiger charge is -2.21. The number of aryl methyl sites for hydroxylation is 1. The number of nitrogens with one attached hydrogen (secondary N) is 1. The van der Waals surface area contributed by atoms with Crippen LogP contribution in [0.4, 0.5) is 17.6 Å². The molecule has 0 aromatic heterocycles. The molecule has 6 nitrogen and oxygen atoms in total. The molecule has 1 amide bonds. The van der Waals surface area contributed by atoms with Crippen molar-refractivity contribution in [3.8, 4) is 11.1 Å². The van der Waals surface area contributed by atoms with E-state index in [0.29, 0.717) is 0 Å². The fourth-order valence-corrected chi connectivity index (χ4v) is 2.62. The highest BCUT2D eigenvalue weighted by Gasteiger charge is 2.67. The summed E-state index contributed by atoms with van der Waals surface area (Å²) in [5.41, 5.74) is 3.75. The standard InChI is InChI=1S/C14H13Cl.C8H9F4NO5/c1-2-11-6-8-12(9-7-11)13-4-3-5-14(15)10-13;9-7(10,8(11,12)6(17)18)5(16)13-3-1-2-4(14)15/h3-10H,2H2,1H3;1-3H2,(H,13,16)(H,14,15)(H,17,18). The Morgan fingerprint density at radius 3 is 2.03 bits per heavy atom. The molecule has 0 radical (unpaired) electrons. The molecular formula is C22H22ClF4NO5.